The van der Waals surface area contributed by atoms with E-state index in [-0.39, 0.29) is 17.4 Å². The number of ether oxygens (including phenoxy) is 1. The second-order valence-electron chi connectivity index (χ2n) is 4.80. The molecule has 9 heteroatoms. The first-order chi connectivity index (χ1) is 10.1. The van der Waals surface area contributed by atoms with Crippen LogP contribution in [0.1, 0.15) is 16.8 Å². The molecule has 0 saturated carbocycles. The number of nitrogens with two attached hydrogens (primary N) is 2. The van der Waals surface area contributed by atoms with Gasteiger partial charge in [0.15, 0.2) is 5.82 Å². The van der Waals surface area contributed by atoms with Crippen LogP contribution in [0.3, 0.4) is 0 Å². The minimum Gasteiger partial charge on any atom is -0.465 e. The number of aromatic nitrogens is 3. The molecule has 2 aromatic rings. The second kappa shape index (κ2) is 5.34. The molecule has 1 fully saturated rings. The van der Waals surface area contributed by atoms with Crippen molar-refractivity contribution in [3.8, 4) is 5.13 Å². The molecule has 1 saturated heterocycles. The molecule has 1 unspecified atom stereocenters. The number of rotatable bonds is 3. The molecule has 1 atom stereocenters. The van der Waals surface area contributed by atoms with Gasteiger partial charge < -0.3 is 21.1 Å². The summed E-state index contributed by atoms with van der Waals surface area (Å²) in [5.41, 5.74) is 12.3. The number of nitrogen functional groups attached to an aromatic ring is 1. The molecule has 0 aromatic carbocycles. The minimum absolute atomic E-state index is 0.0711. The van der Waals surface area contributed by atoms with Gasteiger partial charge >= 0.3 is 5.97 Å². The average molecular weight is 308 g/mol. The van der Waals surface area contributed by atoms with Crippen LogP contribution in [0.5, 0.6) is 0 Å². The molecule has 3 heterocycles. The first-order valence-electron chi connectivity index (χ1n) is 6.49. The Kier molecular flexibility index (Phi) is 3.52. The third-order valence-electron chi connectivity index (χ3n) is 3.42. The van der Waals surface area contributed by atoms with E-state index >= 15 is 0 Å². The van der Waals surface area contributed by atoms with E-state index in [1.165, 1.54) is 23.1 Å². The zero-order valence-electron chi connectivity index (χ0n) is 11.5. The van der Waals surface area contributed by atoms with Crippen molar-refractivity contribution in [1.29, 1.82) is 0 Å². The molecule has 2 aromatic heterocycles. The number of carbonyl (C=O) groups excluding carboxylic acids is 1. The van der Waals surface area contributed by atoms with Crippen LogP contribution in [0.4, 0.5) is 11.6 Å². The van der Waals surface area contributed by atoms with Crippen LogP contribution in [0.25, 0.3) is 5.13 Å². The highest BCUT2D eigenvalue weighted by Gasteiger charge is 2.31. The quantitative estimate of drug-likeness (QED) is 0.781. The lowest BCUT2D eigenvalue weighted by Gasteiger charge is -2.15. The van der Waals surface area contributed by atoms with Gasteiger partial charge in [0.2, 0.25) is 5.13 Å². The molecule has 0 aliphatic carbocycles. The summed E-state index contributed by atoms with van der Waals surface area (Å²) < 4.78 is 6.30. The predicted octanol–water partition coefficient (Wildman–Crippen LogP) is 0.235. The van der Waals surface area contributed by atoms with Gasteiger partial charge in [-0.05, 0) is 6.42 Å². The number of nitrogens with zero attached hydrogens (tertiary/aromatic N) is 4. The van der Waals surface area contributed by atoms with Gasteiger partial charge in [0, 0.05) is 30.7 Å². The summed E-state index contributed by atoms with van der Waals surface area (Å²) >= 11 is 1.39. The van der Waals surface area contributed by atoms with Gasteiger partial charge in [-0.25, -0.2) is 9.78 Å². The molecular formula is C12H16N6O2S. The SMILES string of the molecule is COC(=O)c1c(N2CCC(N)C2)nn(-c2nccs2)c1N. The lowest BCUT2D eigenvalue weighted by Crippen LogP contribution is -2.27. The van der Waals surface area contributed by atoms with E-state index in [1.54, 1.807) is 6.20 Å². The van der Waals surface area contributed by atoms with Crippen molar-refractivity contribution in [2.24, 2.45) is 5.73 Å². The highest BCUT2D eigenvalue weighted by molar-refractivity contribution is 7.12. The number of carbonyl (C=O) groups is 1. The summed E-state index contributed by atoms with van der Waals surface area (Å²) in [6, 6.07) is 0.0711. The normalized spacial score (nSPS) is 18.2. The first-order valence-corrected chi connectivity index (χ1v) is 7.37. The summed E-state index contributed by atoms with van der Waals surface area (Å²) in [4.78, 5) is 18.2. The maximum Gasteiger partial charge on any atom is 0.345 e. The zero-order valence-corrected chi connectivity index (χ0v) is 12.3. The van der Waals surface area contributed by atoms with Crippen molar-refractivity contribution in [1.82, 2.24) is 14.8 Å². The zero-order chi connectivity index (χ0) is 15.0. The van der Waals surface area contributed by atoms with Crippen LogP contribution in [0, 0.1) is 0 Å². The number of methoxy groups -OCH3 is 1. The molecule has 8 nitrogen and oxygen atoms in total. The lowest BCUT2D eigenvalue weighted by molar-refractivity contribution is 0.0602. The largest absolute Gasteiger partial charge is 0.465 e. The number of hydrogen-bond donors (Lipinski definition) is 2. The fraction of sp³-hybridized carbons (Fsp3) is 0.417. The predicted molar refractivity (Wildman–Crippen MR) is 79.8 cm³/mol. The van der Waals surface area contributed by atoms with Gasteiger partial charge in [0.1, 0.15) is 11.4 Å². The van der Waals surface area contributed by atoms with Crippen LogP contribution >= 0.6 is 11.3 Å². The van der Waals surface area contributed by atoms with Gasteiger partial charge in [-0.3, -0.25) is 0 Å². The topological polar surface area (TPSA) is 112 Å². The van der Waals surface area contributed by atoms with Crippen molar-refractivity contribution >= 4 is 28.9 Å². The van der Waals surface area contributed by atoms with Crippen molar-refractivity contribution < 1.29 is 9.53 Å². The standard InChI is InChI=1S/C12H16N6O2S/c1-20-11(19)8-9(14)18(12-15-3-5-21-12)16-10(8)17-4-2-7(13)6-17/h3,5,7H,2,4,6,13-14H2,1H3. The van der Waals surface area contributed by atoms with E-state index in [9.17, 15) is 4.79 Å². The van der Waals surface area contributed by atoms with Crippen molar-refractivity contribution in [3.05, 3.63) is 17.1 Å². The van der Waals surface area contributed by atoms with Crippen LogP contribution in [-0.4, -0.2) is 47.0 Å². The smallest absolute Gasteiger partial charge is 0.345 e. The molecule has 1 aliphatic rings. The van der Waals surface area contributed by atoms with E-state index in [0.29, 0.717) is 17.5 Å². The third-order valence-corrected chi connectivity index (χ3v) is 4.16. The Balaban J connectivity index is 2.09. The number of esters is 1. The molecule has 112 valence electrons. The van der Waals surface area contributed by atoms with Gasteiger partial charge in [0.05, 0.1) is 7.11 Å². The number of hydrogen-bond acceptors (Lipinski definition) is 8. The van der Waals surface area contributed by atoms with Crippen LogP contribution < -0.4 is 16.4 Å². The molecule has 0 spiro atoms. The maximum absolute atomic E-state index is 12.0. The van der Waals surface area contributed by atoms with E-state index in [4.69, 9.17) is 16.2 Å². The monoisotopic (exact) mass is 308 g/mol. The molecule has 3 rings (SSSR count). The van der Waals surface area contributed by atoms with Gasteiger partial charge in [-0.15, -0.1) is 16.4 Å². The van der Waals surface area contributed by atoms with Gasteiger partial charge in [0.25, 0.3) is 0 Å². The second-order valence-corrected chi connectivity index (χ2v) is 5.67. The molecule has 21 heavy (non-hydrogen) atoms. The van der Waals surface area contributed by atoms with E-state index < -0.39 is 5.97 Å². The van der Waals surface area contributed by atoms with Crippen molar-refractivity contribution in [2.75, 3.05) is 30.8 Å². The average Bonchev–Trinajstić information content (AvgIpc) is 3.17. The third kappa shape index (κ3) is 2.34. The van der Waals surface area contributed by atoms with Gasteiger partial charge in [-0.1, -0.05) is 0 Å². The maximum atomic E-state index is 12.0. The molecule has 0 bridgehead atoms. The number of anilines is 2. The van der Waals surface area contributed by atoms with Crippen LogP contribution in [0.2, 0.25) is 0 Å². The Bertz CT molecular complexity index is 653. The highest BCUT2D eigenvalue weighted by atomic mass is 32.1. The highest BCUT2D eigenvalue weighted by Crippen LogP contribution is 2.30. The van der Waals surface area contributed by atoms with Crippen LogP contribution in [0.15, 0.2) is 11.6 Å². The summed E-state index contributed by atoms with van der Waals surface area (Å²) in [6.45, 7) is 1.37. The van der Waals surface area contributed by atoms with Gasteiger partial charge in [-0.2, -0.15) is 4.68 Å². The minimum atomic E-state index is -0.509. The Morgan fingerprint density at radius 1 is 1.57 bits per heavy atom. The Labute approximate surface area is 125 Å². The van der Waals surface area contributed by atoms with Crippen molar-refractivity contribution in [2.45, 2.75) is 12.5 Å². The first kappa shape index (κ1) is 13.8. The van der Waals surface area contributed by atoms with Crippen molar-refractivity contribution in [3.63, 3.8) is 0 Å². The van der Waals surface area contributed by atoms with E-state index in [0.717, 1.165) is 13.0 Å². The molecule has 0 amide bonds. The molecule has 1 aliphatic heterocycles. The molecule has 0 radical (unpaired) electrons. The fourth-order valence-electron chi connectivity index (χ4n) is 2.38. The lowest BCUT2D eigenvalue weighted by atomic mass is 10.3. The molecule has 4 N–H and O–H groups in total. The summed E-state index contributed by atoms with van der Waals surface area (Å²) in [5, 5.41) is 6.87. The number of thiazole rings is 1. The van der Waals surface area contributed by atoms with E-state index in [1.807, 2.05) is 10.3 Å². The summed E-state index contributed by atoms with van der Waals surface area (Å²) in [6.07, 6.45) is 2.51. The Morgan fingerprint density at radius 3 is 2.95 bits per heavy atom. The fourth-order valence-corrected chi connectivity index (χ4v) is 2.99. The summed E-state index contributed by atoms with van der Waals surface area (Å²) in [5.74, 6) is 0.223. The molecular weight excluding hydrogens is 292 g/mol. The Morgan fingerprint density at radius 2 is 2.38 bits per heavy atom. The van der Waals surface area contributed by atoms with E-state index in [2.05, 4.69) is 10.1 Å². The summed E-state index contributed by atoms with van der Waals surface area (Å²) in [7, 11) is 1.32. The van der Waals surface area contributed by atoms with Crippen LogP contribution in [-0.2, 0) is 4.74 Å². The Hall–Kier alpha value is -2.13.